The molecule has 2 aromatic heterocycles. The molecule has 2 N–H and O–H groups in total. The number of amides is 1. The van der Waals surface area contributed by atoms with Crippen molar-refractivity contribution in [1.29, 1.82) is 0 Å². The number of anilines is 2. The monoisotopic (exact) mass is 608 g/mol. The maximum atomic E-state index is 13.5. The van der Waals surface area contributed by atoms with Gasteiger partial charge in [0.15, 0.2) is 0 Å². The predicted molar refractivity (Wildman–Crippen MR) is 164 cm³/mol. The fourth-order valence-electron chi connectivity index (χ4n) is 4.75. The number of thiazole rings is 1. The zero-order valence-electron chi connectivity index (χ0n) is 21.5. The number of thiophene rings is 1. The highest BCUT2D eigenvalue weighted by Gasteiger charge is 2.27. The van der Waals surface area contributed by atoms with Crippen LogP contribution in [0.5, 0.6) is 0 Å². The molecule has 0 radical (unpaired) electrons. The Morgan fingerprint density at radius 2 is 1.85 bits per heavy atom. The highest BCUT2D eigenvalue weighted by Crippen LogP contribution is 2.45. The molecule has 0 unspecified atom stereocenters. The van der Waals surface area contributed by atoms with Crippen LogP contribution < -0.4 is 10.0 Å². The number of benzene rings is 3. The Hall–Kier alpha value is -3.28. The van der Waals surface area contributed by atoms with E-state index < -0.39 is 10.0 Å². The van der Waals surface area contributed by atoms with Crippen LogP contribution in [0, 0.1) is 0 Å². The van der Waals surface area contributed by atoms with E-state index in [9.17, 15) is 13.2 Å². The van der Waals surface area contributed by atoms with Crippen LogP contribution in [0.4, 0.5) is 10.7 Å². The van der Waals surface area contributed by atoms with Crippen molar-refractivity contribution < 1.29 is 13.2 Å². The molecule has 0 spiro atoms. The van der Waals surface area contributed by atoms with Gasteiger partial charge in [0.25, 0.3) is 15.9 Å². The molecule has 0 atom stereocenters. The summed E-state index contributed by atoms with van der Waals surface area (Å²) in [4.78, 5) is 22.1. The average Bonchev–Trinajstić information content (AvgIpc) is 3.53. The number of aromatic nitrogens is 1. The Kier molecular flexibility index (Phi) is 7.37. The number of nitrogens with one attached hydrogen (secondary N) is 2. The molecule has 1 aliphatic rings. The Morgan fingerprint density at radius 1 is 1.05 bits per heavy atom. The first-order valence-electron chi connectivity index (χ1n) is 12.7. The van der Waals surface area contributed by atoms with Crippen LogP contribution in [0.2, 0.25) is 5.02 Å². The Bertz CT molecular complexity index is 1800. The van der Waals surface area contributed by atoms with Crippen molar-refractivity contribution in [1.82, 2.24) is 9.88 Å². The maximum absolute atomic E-state index is 13.5. The van der Waals surface area contributed by atoms with E-state index in [4.69, 9.17) is 16.6 Å². The zero-order chi connectivity index (χ0) is 27.9. The minimum absolute atomic E-state index is 0.0810. The number of hydrogen-bond acceptors (Lipinski definition) is 7. The number of halogens is 1. The highest BCUT2D eigenvalue weighted by molar-refractivity contribution is 7.92. The SMILES string of the molecule is CCN1CCc2c(sc(NC(=O)c3cccc(NS(=O)(=O)c4ccc(Cl)cc4)c3)c2-c2nc3ccccc3s2)C1. The highest BCUT2D eigenvalue weighted by atomic mass is 35.5. The van der Waals surface area contributed by atoms with Gasteiger partial charge < -0.3 is 5.32 Å². The van der Waals surface area contributed by atoms with Gasteiger partial charge >= 0.3 is 0 Å². The number of carbonyl (C=O) groups is 1. The molecule has 7 nitrogen and oxygen atoms in total. The van der Waals surface area contributed by atoms with Gasteiger partial charge in [-0.15, -0.1) is 22.7 Å². The van der Waals surface area contributed by atoms with Gasteiger partial charge in [0.1, 0.15) is 10.0 Å². The number of nitrogens with zero attached hydrogens (tertiary/aromatic N) is 2. The summed E-state index contributed by atoms with van der Waals surface area (Å²) in [5.41, 5.74) is 3.80. The normalized spacial score (nSPS) is 13.8. The molecule has 0 saturated heterocycles. The molecular weight excluding hydrogens is 584 g/mol. The molecule has 0 bridgehead atoms. The third-order valence-electron chi connectivity index (χ3n) is 6.82. The molecule has 3 aromatic carbocycles. The van der Waals surface area contributed by atoms with Crippen molar-refractivity contribution in [3.05, 3.63) is 93.8 Å². The molecular formula is C29H25ClN4O3S3. The summed E-state index contributed by atoms with van der Waals surface area (Å²) < 4.78 is 29.4. The molecule has 6 rings (SSSR count). The van der Waals surface area contributed by atoms with Gasteiger partial charge in [0, 0.05) is 39.8 Å². The van der Waals surface area contributed by atoms with E-state index >= 15 is 0 Å². The van der Waals surface area contributed by atoms with Gasteiger partial charge in [-0.3, -0.25) is 14.4 Å². The van der Waals surface area contributed by atoms with Gasteiger partial charge in [0.2, 0.25) is 0 Å². The fourth-order valence-corrected chi connectivity index (χ4v) is 8.32. The summed E-state index contributed by atoms with van der Waals surface area (Å²) >= 11 is 9.11. The quantitative estimate of drug-likeness (QED) is 0.205. The van der Waals surface area contributed by atoms with Gasteiger partial charge in [-0.25, -0.2) is 13.4 Å². The van der Waals surface area contributed by atoms with E-state index in [1.54, 1.807) is 40.9 Å². The summed E-state index contributed by atoms with van der Waals surface area (Å²) in [6.07, 6.45) is 0.892. The lowest BCUT2D eigenvalue weighted by Crippen LogP contribution is -2.29. The number of carbonyl (C=O) groups excluding carboxylic acids is 1. The van der Waals surface area contributed by atoms with Crippen LogP contribution in [-0.4, -0.2) is 37.3 Å². The Labute approximate surface area is 245 Å². The molecule has 0 saturated carbocycles. The third-order valence-corrected chi connectivity index (χ3v) is 10.7. The lowest BCUT2D eigenvalue weighted by atomic mass is 10.0. The van der Waals surface area contributed by atoms with Crippen molar-refractivity contribution in [2.45, 2.75) is 24.8 Å². The van der Waals surface area contributed by atoms with Crippen molar-refractivity contribution in [3.63, 3.8) is 0 Å². The largest absolute Gasteiger partial charge is 0.313 e. The first kappa shape index (κ1) is 26.9. The van der Waals surface area contributed by atoms with Gasteiger partial charge in [-0.1, -0.05) is 36.7 Å². The van der Waals surface area contributed by atoms with Gasteiger partial charge in [0.05, 0.1) is 15.1 Å². The van der Waals surface area contributed by atoms with Crippen LogP contribution >= 0.6 is 34.3 Å². The minimum Gasteiger partial charge on any atom is -0.313 e. The minimum atomic E-state index is -3.85. The Morgan fingerprint density at radius 3 is 2.62 bits per heavy atom. The second-order valence-corrected chi connectivity index (χ2v) is 13.7. The summed E-state index contributed by atoms with van der Waals surface area (Å²) in [7, 11) is -3.85. The van der Waals surface area contributed by atoms with Crippen molar-refractivity contribution >= 4 is 71.1 Å². The van der Waals surface area contributed by atoms with Crippen LogP contribution in [0.1, 0.15) is 27.7 Å². The van der Waals surface area contributed by atoms with E-state index in [0.717, 1.165) is 51.8 Å². The van der Waals surface area contributed by atoms with E-state index in [-0.39, 0.29) is 16.5 Å². The van der Waals surface area contributed by atoms with Crippen molar-refractivity contribution in [2.24, 2.45) is 0 Å². The first-order chi connectivity index (χ1) is 19.3. The average molecular weight is 609 g/mol. The molecule has 40 heavy (non-hydrogen) atoms. The molecule has 1 aliphatic heterocycles. The maximum Gasteiger partial charge on any atom is 0.261 e. The van der Waals surface area contributed by atoms with E-state index in [1.807, 2.05) is 18.2 Å². The fraction of sp³-hybridized carbons (Fsp3) is 0.172. The lowest BCUT2D eigenvalue weighted by Gasteiger charge is -2.25. The molecule has 3 heterocycles. The van der Waals surface area contributed by atoms with E-state index in [2.05, 4.69) is 27.9 Å². The number of fused-ring (bicyclic) bond motifs is 2. The topological polar surface area (TPSA) is 91.4 Å². The van der Waals surface area contributed by atoms with Crippen molar-refractivity contribution in [3.8, 4) is 10.6 Å². The standard InChI is InChI=1S/C29H25ClN4O3S3/c1-2-34-15-14-22-25(17-34)39-29(26(22)28-31-23-8-3-4-9-24(23)38-28)32-27(35)18-6-5-7-20(16-18)33-40(36,37)21-12-10-19(30)11-13-21/h3-13,16,33H,2,14-15,17H2,1H3,(H,32,35). The molecule has 0 aliphatic carbocycles. The van der Waals surface area contributed by atoms with Crippen LogP contribution in [0.15, 0.2) is 77.7 Å². The summed E-state index contributed by atoms with van der Waals surface area (Å²) in [5.74, 6) is -0.319. The third kappa shape index (κ3) is 5.37. The second-order valence-electron chi connectivity index (χ2n) is 9.41. The number of para-hydroxylation sites is 1. The Balaban J connectivity index is 1.31. The van der Waals surface area contributed by atoms with E-state index in [1.165, 1.54) is 40.8 Å². The van der Waals surface area contributed by atoms with Gasteiger partial charge in [-0.2, -0.15) is 0 Å². The number of rotatable bonds is 7. The van der Waals surface area contributed by atoms with Crippen LogP contribution in [0.3, 0.4) is 0 Å². The number of hydrogen-bond donors (Lipinski definition) is 2. The predicted octanol–water partition coefficient (Wildman–Crippen LogP) is 7.11. The molecule has 0 fully saturated rings. The zero-order valence-corrected chi connectivity index (χ0v) is 24.7. The first-order valence-corrected chi connectivity index (χ1v) is 16.2. The van der Waals surface area contributed by atoms with Crippen LogP contribution in [-0.2, 0) is 23.0 Å². The number of sulfonamides is 1. The second kappa shape index (κ2) is 10.9. The lowest BCUT2D eigenvalue weighted by molar-refractivity contribution is 0.102. The summed E-state index contributed by atoms with van der Waals surface area (Å²) in [6.45, 7) is 4.92. The number of likely N-dealkylation sites (N-methyl/N-ethyl adjacent to an activating group) is 1. The van der Waals surface area contributed by atoms with Gasteiger partial charge in [-0.05, 0) is 73.1 Å². The van der Waals surface area contributed by atoms with Crippen LogP contribution in [0.25, 0.3) is 20.8 Å². The van der Waals surface area contributed by atoms with Crippen molar-refractivity contribution in [2.75, 3.05) is 23.1 Å². The molecule has 5 aromatic rings. The molecule has 11 heteroatoms. The summed E-state index contributed by atoms with van der Waals surface area (Å²) in [5, 5.41) is 5.22. The molecule has 1 amide bonds. The summed E-state index contributed by atoms with van der Waals surface area (Å²) in [6, 6.07) is 20.4. The smallest absolute Gasteiger partial charge is 0.261 e. The van der Waals surface area contributed by atoms with E-state index in [0.29, 0.717) is 10.6 Å². The molecule has 204 valence electrons.